The number of non-ortho nitro benzene ring substituents is 1. The Balaban J connectivity index is 2.46. The Morgan fingerprint density at radius 3 is 2.94 bits per heavy atom. The summed E-state index contributed by atoms with van der Waals surface area (Å²) in [7, 11) is 0. The molecule has 0 aromatic heterocycles. The van der Waals surface area contributed by atoms with Crippen molar-refractivity contribution in [3.63, 3.8) is 0 Å². The topological polar surface area (TPSA) is 89.4 Å². The van der Waals surface area contributed by atoms with Gasteiger partial charge < -0.3 is 10.8 Å². The molecule has 2 atom stereocenters. The smallest absolute Gasteiger partial charge is 0.269 e. The zero-order valence-electron chi connectivity index (χ0n) is 8.80. The molecule has 0 heterocycles. The fourth-order valence-electron chi connectivity index (χ4n) is 2.12. The second kappa shape index (κ2) is 4.19. The molecule has 1 aliphatic rings. The number of nitro benzene ring substituents is 1. The van der Waals surface area contributed by atoms with Gasteiger partial charge in [-0.25, -0.2) is 0 Å². The molecule has 1 aromatic carbocycles. The van der Waals surface area contributed by atoms with Gasteiger partial charge in [0.05, 0.1) is 17.1 Å². The summed E-state index contributed by atoms with van der Waals surface area (Å²) in [6.07, 6.45) is 1.71. The normalized spacial score (nSPS) is 24.6. The Kier molecular flexibility index (Phi) is 2.89. The first-order valence-electron chi connectivity index (χ1n) is 5.30. The Morgan fingerprint density at radius 1 is 1.50 bits per heavy atom. The van der Waals surface area contributed by atoms with Crippen LogP contribution in [0.25, 0.3) is 0 Å². The molecule has 2 unspecified atom stereocenters. The van der Waals surface area contributed by atoms with E-state index in [1.807, 2.05) is 0 Å². The molecule has 1 aromatic rings. The van der Waals surface area contributed by atoms with Crippen LogP contribution in [-0.2, 0) is 6.42 Å². The van der Waals surface area contributed by atoms with Crippen molar-refractivity contribution in [1.82, 2.24) is 0 Å². The Hall–Kier alpha value is -1.46. The van der Waals surface area contributed by atoms with E-state index in [1.165, 1.54) is 12.1 Å². The van der Waals surface area contributed by atoms with Gasteiger partial charge in [0.15, 0.2) is 0 Å². The molecule has 86 valence electrons. The van der Waals surface area contributed by atoms with Gasteiger partial charge in [-0.05, 0) is 30.4 Å². The number of nitrogens with two attached hydrogens (primary N) is 1. The lowest BCUT2D eigenvalue weighted by Gasteiger charge is -2.17. The largest absolute Gasteiger partial charge is 0.391 e. The van der Waals surface area contributed by atoms with Crippen molar-refractivity contribution >= 4 is 5.69 Å². The summed E-state index contributed by atoms with van der Waals surface area (Å²) >= 11 is 0. The van der Waals surface area contributed by atoms with Crippen molar-refractivity contribution in [3.05, 3.63) is 39.4 Å². The van der Waals surface area contributed by atoms with E-state index >= 15 is 0 Å². The van der Waals surface area contributed by atoms with Gasteiger partial charge in [-0.15, -0.1) is 0 Å². The molecule has 0 bridgehead atoms. The van der Waals surface area contributed by atoms with Crippen LogP contribution < -0.4 is 5.73 Å². The highest BCUT2D eigenvalue weighted by molar-refractivity contribution is 5.42. The van der Waals surface area contributed by atoms with Crippen LogP contribution in [0.5, 0.6) is 0 Å². The maximum Gasteiger partial charge on any atom is 0.269 e. The average molecular weight is 222 g/mol. The van der Waals surface area contributed by atoms with E-state index in [-0.39, 0.29) is 5.69 Å². The highest BCUT2D eigenvalue weighted by Gasteiger charge is 2.24. The van der Waals surface area contributed by atoms with Crippen molar-refractivity contribution < 1.29 is 10.0 Å². The standard InChI is InChI=1S/C11H14N2O3/c12-11-9-6-8(13(15)16)5-4-7(9)2-1-3-10(11)14/h4-6,10-11,14H,1-3,12H2. The number of nitrogens with zero attached hydrogens (tertiary/aromatic N) is 1. The first-order valence-corrected chi connectivity index (χ1v) is 5.30. The minimum Gasteiger partial charge on any atom is -0.391 e. The fourth-order valence-corrected chi connectivity index (χ4v) is 2.12. The Morgan fingerprint density at radius 2 is 2.25 bits per heavy atom. The van der Waals surface area contributed by atoms with E-state index < -0.39 is 17.1 Å². The van der Waals surface area contributed by atoms with Crippen LogP contribution >= 0.6 is 0 Å². The Bertz CT molecular complexity index is 420. The first-order chi connectivity index (χ1) is 7.59. The van der Waals surface area contributed by atoms with Gasteiger partial charge in [0, 0.05) is 12.1 Å². The second-order valence-electron chi connectivity index (χ2n) is 4.13. The third kappa shape index (κ3) is 1.91. The summed E-state index contributed by atoms with van der Waals surface area (Å²) in [5.41, 5.74) is 7.63. The van der Waals surface area contributed by atoms with E-state index in [0.717, 1.165) is 18.4 Å². The van der Waals surface area contributed by atoms with Gasteiger partial charge in [-0.2, -0.15) is 0 Å². The number of hydrogen-bond acceptors (Lipinski definition) is 4. The van der Waals surface area contributed by atoms with E-state index in [9.17, 15) is 15.2 Å². The Labute approximate surface area is 93.0 Å². The molecule has 5 nitrogen and oxygen atoms in total. The molecule has 3 N–H and O–H groups in total. The summed E-state index contributed by atoms with van der Waals surface area (Å²) in [6.45, 7) is 0. The molecule has 16 heavy (non-hydrogen) atoms. The summed E-state index contributed by atoms with van der Waals surface area (Å²) < 4.78 is 0. The fraction of sp³-hybridized carbons (Fsp3) is 0.455. The molecule has 0 amide bonds. The van der Waals surface area contributed by atoms with Gasteiger partial charge >= 0.3 is 0 Å². The lowest BCUT2D eigenvalue weighted by Crippen LogP contribution is -2.25. The molecule has 5 heteroatoms. The predicted octanol–water partition coefficient (Wildman–Crippen LogP) is 1.29. The summed E-state index contributed by atoms with van der Waals surface area (Å²) in [4.78, 5) is 10.2. The number of fused-ring (bicyclic) bond motifs is 1. The highest BCUT2D eigenvalue weighted by atomic mass is 16.6. The van der Waals surface area contributed by atoms with Crippen LogP contribution in [0.4, 0.5) is 5.69 Å². The van der Waals surface area contributed by atoms with E-state index in [4.69, 9.17) is 5.73 Å². The molecule has 0 aliphatic heterocycles. The number of aliphatic hydroxyl groups excluding tert-OH is 1. The maximum atomic E-state index is 10.7. The van der Waals surface area contributed by atoms with Crippen molar-refractivity contribution in [3.8, 4) is 0 Å². The first kappa shape index (κ1) is 11.0. The van der Waals surface area contributed by atoms with Crippen molar-refractivity contribution in [2.45, 2.75) is 31.4 Å². The lowest BCUT2D eigenvalue weighted by molar-refractivity contribution is -0.385. The zero-order chi connectivity index (χ0) is 11.7. The molecule has 1 aliphatic carbocycles. The molecule has 0 radical (unpaired) electrons. The van der Waals surface area contributed by atoms with Crippen LogP contribution in [0, 0.1) is 10.1 Å². The van der Waals surface area contributed by atoms with Crippen molar-refractivity contribution in [2.75, 3.05) is 0 Å². The minimum absolute atomic E-state index is 0.0308. The number of nitro groups is 1. The molecular formula is C11H14N2O3. The number of benzene rings is 1. The van der Waals surface area contributed by atoms with E-state index in [2.05, 4.69) is 0 Å². The second-order valence-corrected chi connectivity index (χ2v) is 4.13. The van der Waals surface area contributed by atoms with Crippen LogP contribution in [0.2, 0.25) is 0 Å². The average Bonchev–Trinajstić information content (AvgIpc) is 2.40. The number of aryl methyl sites for hydroxylation is 1. The van der Waals surface area contributed by atoms with Gasteiger partial charge in [0.2, 0.25) is 0 Å². The molecule has 0 saturated carbocycles. The van der Waals surface area contributed by atoms with E-state index in [1.54, 1.807) is 6.07 Å². The number of hydrogen-bond donors (Lipinski definition) is 2. The molecule has 0 fully saturated rings. The summed E-state index contributed by atoms with van der Waals surface area (Å²) in [6, 6.07) is 4.20. The molecule has 0 spiro atoms. The van der Waals surface area contributed by atoms with Crippen LogP contribution in [0.1, 0.15) is 30.0 Å². The summed E-state index contributed by atoms with van der Waals surface area (Å²) in [5.74, 6) is 0. The maximum absolute atomic E-state index is 10.7. The molecular weight excluding hydrogens is 208 g/mol. The van der Waals surface area contributed by atoms with E-state index in [0.29, 0.717) is 12.0 Å². The summed E-state index contributed by atoms with van der Waals surface area (Å²) in [5, 5.41) is 20.4. The van der Waals surface area contributed by atoms with Crippen molar-refractivity contribution in [1.29, 1.82) is 0 Å². The van der Waals surface area contributed by atoms with Gasteiger partial charge in [0.25, 0.3) is 5.69 Å². The number of aliphatic hydroxyl groups is 1. The minimum atomic E-state index is -0.608. The van der Waals surface area contributed by atoms with Crippen LogP contribution in [0.3, 0.4) is 0 Å². The monoisotopic (exact) mass is 222 g/mol. The van der Waals surface area contributed by atoms with Crippen LogP contribution in [0.15, 0.2) is 18.2 Å². The highest BCUT2D eigenvalue weighted by Crippen LogP contribution is 2.30. The van der Waals surface area contributed by atoms with Crippen molar-refractivity contribution in [2.24, 2.45) is 5.73 Å². The van der Waals surface area contributed by atoms with Gasteiger partial charge in [0.1, 0.15) is 0 Å². The van der Waals surface area contributed by atoms with Crippen LogP contribution in [-0.4, -0.2) is 16.1 Å². The van der Waals surface area contributed by atoms with Gasteiger partial charge in [-0.1, -0.05) is 6.07 Å². The molecule has 2 rings (SSSR count). The zero-order valence-corrected chi connectivity index (χ0v) is 8.80. The predicted molar refractivity (Wildman–Crippen MR) is 59.0 cm³/mol. The quantitative estimate of drug-likeness (QED) is 0.425. The van der Waals surface area contributed by atoms with Gasteiger partial charge in [-0.3, -0.25) is 10.1 Å². The lowest BCUT2D eigenvalue weighted by atomic mass is 9.98. The third-order valence-electron chi connectivity index (χ3n) is 3.06. The SMILES string of the molecule is NC1c2cc([N+](=O)[O-])ccc2CCCC1O. The molecule has 0 saturated heterocycles. The third-order valence-corrected chi connectivity index (χ3v) is 3.06. The number of rotatable bonds is 1.